The highest BCUT2D eigenvalue weighted by Gasteiger charge is 2.24. The third-order valence-electron chi connectivity index (χ3n) is 2.91. The standard InChI is InChI=1S/C17H25N3O3/c1-12(21)19-14(10-15(22)20-17(2,3)4)16(23)18-11-13-8-6-5-7-9-13/h5-9,14H,10-11H2,1-4H3,(H,18,23)(H,19,21)(H,20,22). The van der Waals surface area contributed by atoms with Crippen LogP contribution in [-0.4, -0.2) is 29.3 Å². The maximum atomic E-state index is 12.2. The summed E-state index contributed by atoms with van der Waals surface area (Å²) in [6.45, 7) is 7.23. The number of benzene rings is 1. The van der Waals surface area contributed by atoms with Crippen LogP contribution in [-0.2, 0) is 20.9 Å². The molecule has 0 aliphatic rings. The molecule has 0 saturated heterocycles. The third kappa shape index (κ3) is 7.99. The Kier molecular flexibility index (Phi) is 6.75. The summed E-state index contributed by atoms with van der Waals surface area (Å²) in [7, 11) is 0. The van der Waals surface area contributed by atoms with Crippen LogP contribution in [0.4, 0.5) is 0 Å². The molecule has 1 aromatic rings. The molecule has 0 aliphatic heterocycles. The average molecular weight is 319 g/mol. The van der Waals surface area contributed by atoms with Crippen LogP contribution in [0, 0.1) is 0 Å². The molecule has 0 saturated carbocycles. The lowest BCUT2D eigenvalue weighted by Gasteiger charge is -2.23. The van der Waals surface area contributed by atoms with Gasteiger partial charge in [-0.25, -0.2) is 0 Å². The van der Waals surface area contributed by atoms with E-state index < -0.39 is 11.6 Å². The van der Waals surface area contributed by atoms with Crippen LogP contribution in [0.3, 0.4) is 0 Å². The predicted octanol–water partition coefficient (Wildman–Crippen LogP) is 1.11. The normalized spacial score (nSPS) is 12.2. The second-order valence-electron chi connectivity index (χ2n) is 6.46. The Bertz CT molecular complexity index is 550. The fourth-order valence-corrected chi connectivity index (χ4v) is 2.02. The summed E-state index contributed by atoms with van der Waals surface area (Å²) >= 11 is 0. The fourth-order valence-electron chi connectivity index (χ4n) is 2.02. The van der Waals surface area contributed by atoms with Gasteiger partial charge in [-0.2, -0.15) is 0 Å². The van der Waals surface area contributed by atoms with Gasteiger partial charge in [0.2, 0.25) is 17.7 Å². The fraction of sp³-hybridized carbons (Fsp3) is 0.471. The van der Waals surface area contributed by atoms with E-state index in [1.807, 2.05) is 51.1 Å². The van der Waals surface area contributed by atoms with Crippen LogP contribution >= 0.6 is 0 Å². The van der Waals surface area contributed by atoms with Crippen LogP contribution in [0.1, 0.15) is 39.7 Å². The quantitative estimate of drug-likeness (QED) is 0.734. The highest BCUT2D eigenvalue weighted by Crippen LogP contribution is 2.03. The number of amides is 3. The van der Waals surface area contributed by atoms with Gasteiger partial charge in [-0.15, -0.1) is 0 Å². The lowest BCUT2D eigenvalue weighted by atomic mass is 10.1. The van der Waals surface area contributed by atoms with Gasteiger partial charge in [-0.3, -0.25) is 14.4 Å². The summed E-state index contributed by atoms with van der Waals surface area (Å²) in [4.78, 5) is 35.5. The first-order valence-corrected chi connectivity index (χ1v) is 7.57. The lowest BCUT2D eigenvalue weighted by Crippen LogP contribution is -2.50. The number of hydrogen-bond donors (Lipinski definition) is 3. The smallest absolute Gasteiger partial charge is 0.243 e. The van der Waals surface area contributed by atoms with Crippen molar-refractivity contribution in [2.75, 3.05) is 0 Å². The largest absolute Gasteiger partial charge is 0.351 e. The number of nitrogens with one attached hydrogen (secondary N) is 3. The summed E-state index contributed by atoms with van der Waals surface area (Å²) in [5.74, 6) is -1.02. The van der Waals surface area contributed by atoms with Crippen molar-refractivity contribution in [1.29, 1.82) is 0 Å². The van der Waals surface area contributed by atoms with Gasteiger partial charge >= 0.3 is 0 Å². The minimum atomic E-state index is -0.890. The minimum Gasteiger partial charge on any atom is -0.351 e. The minimum absolute atomic E-state index is 0.0997. The van der Waals surface area contributed by atoms with Gasteiger partial charge in [-0.05, 0) is 26.3 Å². The molecule has 1 unspecified atom stereocenters. The van der Waals surface area contributed by atoms with Gasteiger partial charge in [-0.1, -0.05) is 30.3 Å². The molecule has 6 heteroatoms. The Hall–Kier alpha value is -2.37. The summed E-state index contributed by atoms with van der Waals surface area (Å²) in [6.07, 6.45) is -0.0997. The summed E-state index contributed by atoms with van der Waals surface area (Å²) in [5, 5.41) is 8.04. The molecule has 0 aliphatic carbocycles. The maximum absolute atomic E-state index is 12.2. The molecule has 0 heterocycles. The van der Waals surface area contributed by atoms with Crippen molar-refractivity contribution < 1.29 is 14.4 Å². The summed E-state index contributed by atoms with van der Waals surface area (Å²) < 4.78 is 0. The van der Waals surface area contributed by atoms with Crippen molar-refractivity contribution >= 4 is 17.7 Å². The van der Waals surface area contributed by atoms with E-state index in [1.54, 1.807) is 0 Å². The highest BCUT2D eigenvalue weighted by molar-refractivity contribution is 5.91. The van der Waals surface area contributed by atoms with Crippen molar-refractivity contribution in [2.45, 2.75) is 52.2 Å². The molecule has 0 bridgehead atoms. The molecule has 1 aromatic carbocycles. The Labute approximate surface area is 137 Å². The predicted molar refractivity (Wildman–Crippen MR) is 88.4 cm³/mol. The van der Waals surface area contributed by atoms with E-state index >= 15 is 0 Å². The zero-order chi connectivity index (χ0) is 17.5. The molecule has 1 atom stereocenters. The Morgan fingerprint density at radius 2 is 1.70 bits per heavy atom. The van der Waals surface area contributed by atoms with Crippen LogP contribution in [0.15, 0.2) is 30.3 Å². The zero-order valence-corrected chi connectivity index (χ0v) is 14.1. The average Bonchev–Trinajstić information content (AvgIpc) is 2.42. The Balaban J connectivity index is 2.63. The molecule has 23 heavy (non-hydrogen) atoms. The van der Waals surface area contributed by atoms with E-state index in [4.69, 9.17) is 0 Å². The second-order valence-corrected chi connectivity index (χ2v) is 6.46. The van der Waals surface area contributed by atoms with Crippen LogP contribution in [0.2, 0.25) is 0 Å². The summed E-state index contributed by atoms with van der Waals surface area (Å²) in [6, 6.07) is 8.54. The van der Waals surface area contributed by atoms with Gasteiger partial charge in [0, 0.05) is 19.0 Å². The van der Waals surface area contributed by atoms with Gasteiger partial charge in [0.15, 0.2) is 0 Å². The Morgan fingerprint density at radius 1 is 1.09 bits per heavy atom. The van der Waals surface area contributed by atoms with E-state index in [9.17, 15) is 14.4 Å². The van der Waals surface area contributed by atoms with Crippen molar-refractivity contribution in [3.63, 3.8) is 0 Å². The molecule has 0 radical (unpaired) electrons. The molecule has 0 aromatic heterocycles. The lowest BCUT2D eigenvalue weighted by molar-refractivity contribution is -0.131. The monoisotopic (exact) mass is 319 g/mol. The number of hydrogen-bond acceptors (Lipinski definition) is 3. The SMILES string of the molecule is CC(=O)NC(CC(=O)NC(C)(C)C)C(=O)NCc1ccccc1. The van der Waals surface area contributed by atoms with Crippen LogP contribution in [0.25, 0.3) is 0 Å². The van der Waals surface area contributed by atoms with Gasteiger partial charge < -0.3 is 16.0 Å². The van der Waals surface area contributed by atoms with Crippen molar-refractivity contribution in [1.82, 2.24) is 16.0 Å². The van der Waals surface area contributed by atoms with E-state index in [0.717, 1.165) is 5.56 Å². The van der Waals surface area contributed by atoms with Gasteiger partial charge in [0.05, 0.1) is 6.42 Å². The van der Waals surface area contributed by atoms with E-state index in [1.165, 1.54) is 6.92 Å². The summed E-state index contributed by atoms with van der Waals surface area (Å²) in [5.41, 5.74) is 0.555. The third-order valence-corrected chi connectivity index (χ3v) is 2.91. The molecule has 126 valence electrons. The molecule has 6 nitrogen and oxygen atoms in total. The van der Waals surface area contributed by atoms with E-state index in [0.29, 0.717) is 6.54 Å². The Morgan fingerprint density at radius 3 is 2.22 bits per heavy atom. The number of carbonyl (C=O) groups is 3. The number of carbonyl (C=O) groups excluding carboxylic acids is 3. The second kappa shape index (κ2) is 8.31. The highest BCUT2D eigenvalue weighted by atomic mass is 16.2. The van der Waals surface area contributed by atoms with Gasteiger partial charge in [0.1, 0.15) is 6.04 Å². The van der Waals surface area contributed by atoms with E-state index in [-0.39, 0.29) is 24.1 Å². The number of rotatable bonds is 6. The van der Waals surface area contributed by atoms with Gasteiger partial charge in [0.25, 0.3) is 0 Å². The molecule has 3 amide bonds. The van der Waals surface area contributed by atoms with Crippen LogP contribution < -0.4 is 16.0 Å². The first-order chi connectivity index (χ1) is 10.7. The molecule has 0 spiro atoms. The molecule has 1 rings (SSSR count). The molecular weight excluding hydrogens is 294 g/mol. The van der Waals surface area contributed by atoms with Crippen LogP contribution in [0.5, 0.6) is 0 Å². The van der Waals surface area contributed by atoms with Crippen molar-refractivity contribution in [3.8, 4) is 0 Å². The molecule has 0 fully saturated rings. The zero-order valence-electron chi connectivity index (χ0n) is 14.1. The van der Waals surface area contributed by atoms with Crippen molar-refractivity contribution in [2.24, 2.45) is 0 Å². The topological polar surface area (TPSA) is 87.3 Å². The maximum Gasteiger partial charge on any atom is 0.243 e. The molecule has 3 N–H and O–H groups in total. The van der Waals surface area contributed by atoms with Crippen molar-refractivity contribution in [3.05, 3.63) is 35.9 Å². The molecular formula is C17H25N3O3. The first-order valence-electron chi connectivity index (χ1n) is 7.57. The van der Waals surface area contributed by atoms with E-state index in [2.05, 4.69) is 16.0 Å². The first kappa shape index (κ1) is 18.7.